The smallest absolute Gasteiger partial charge is 0.321 e. The Kier molecular flexibility index (Phi) is 4.24. The normalized spacial score (nSPS) is 14.3. The van der Waals surface area contributed by atoms with Gasteiger partial charge in [-0.25, -0.2) is 0 Å². The van der Waals surface area contributed by atoms with Gasteiger partial charge in [0.2, 0.25) is 0 Å². The zero-order valence-corrected chi connectivity index (χ0v) is 8.35. The molecule has 0 fully saturated rings. The molecule has 3 heteroatoms. The minimum atomic E-state index is -0.768. The molecule has 0 saturated carbocycles. The molecule has 12 heavy (non-hydrogen) atoms. The van der Waals surface area contributed by atoms with Crippen LogP contribution in [-0.2, 0) is 4.79 Å². The Morgan fingerprint density at radius 1 is 1.50 bits per heavy atom. The molecule has 1 unspecified atom stereocenters. The number of carboxylic acids is 1. The number of rotatable bonds is 4. The van der Waals surface area contributed by atoms with Gasteiger partial charge in [-0.3, -0.25) is 4.79 Å². The third-order valence-corrected chi connectivity index (χ3v) is 1.71. The van der Waals surface area contributed by atoms with E-state index >= 15 is 0 Å². The summed E-state index contributed by atoms with van der Waals surface area (Å²) in [5, 5.41) is 11.9. The van der Waals surface area contributed by atoms with E-state index in [0.717, 1.165) is 13.0 Å². The number of carbonyl (C=O) groups is 1. The van der Waals surface area contributed by atoms with E-state index in [1.54, 1.807) is 0 Å². The van der Waals surface area contributed by atoms with Crippen molar-refractivity contribution in [2.24, 2.45) is 5.41 Å². The lowest BCUT2D eigenvalue weighted by molar-refractivity contribution is -0.142. The van der Waals surface area contributed by atoms with Crippen LogP contribution in [-0.4, -0.2) is 23.7 Å². The fourth-order valence-corrected chi connectivity index (χ4v) is 1.05. The fraction of sp³-hybridized carbons (Fsp3) is 0.889. The molecule has 72 valence electrons. The Morgan fingerprint density at radius 2 is 2.00 bits per heavy atom. The van der Waals surface area contributed by atoms with Crippen LogP contribution in [0.2, 0.25) is 0 Å². The molecule has 0 aromatic heterocycles. The number of hydrogen-bond donors (Lipinski definition) is 2. The van der Waals surface area contributed by atoms with Crippen LogP contribution in [0, 0.1) is 5.41 Å². The van der Waals surface area contributed by atoms with Crippen LogP contribution in [0.1, 0.15) is 34.1 Å². The van der Waals surface area contributed by atoms with E-state index in [-0.39, 0.29) is 5.41 Å². The zero-order valence-electron chi connectivity index (χ0n) is 8.35. The molecule has 1 atom stereocenters. The molecule has 0 spiro atoms. The van der Waals surface area contributed by atoms with Gasteiger partial charge < -0.3 is 10.4 Å². The van der Waals surface area contributed by atoms with Crippen LogP contribution in [0.3, 0.4) is 0 Å². The van der Waals surface area contributed by atoms with E-state index in [4.69, 9.17) is 5.11 Å². The minimum absolute atomic E-state index is 0.221. The lowest BCUT2D eigenvalue weighted by Gasteiger charge is -2.27. The molecule has 0 heterocycles. The molecule has 0 aromatic carbocycles. The molecule has 0 bridgehead atoms. The molecule has 2 N–H and O–H groups in total. The third-order valence-electron chi connectivity index (χ3n) is 1.71. The van der Waals surface area contributed by atoms with E-state index in [1.165, 1.54) is 0 Å². The van der Waals surface area contributed by atoms with Gasteiger partial charge >= 0.3 is 5.97 Å². The Morgan fingerprint density at radius 3 is 2.25 bits per heavy atom. The molecule has 0 aliphatic carbocycles. The molecule has 0 aromatic rings. The van der Waals surface area contributed by atoms with E-state index in [0.29, 0.717) is 0 Å². The van der Waals surface area contributed by atoms with Gasteiger partial charge in [0.05, 0.1) is 0 Å². The molecular formula is C9H19NO2. The van der Waals surface area contributed by atoms with Crippen LogP contribution < -0.4 is 5.32 Å². The molecule has 0 saturated heterocycles. The topological polar surface area (TPSA) is 49.3 Å². The lowest BCUT2D eigenvalue weighted by Crippen LogP contribution is -2.46. The first-order valence-electron chi connectivity index (χ1n) is 4.35. The Balaban J connectivity index is 4.15. The van der Waals surface area contributed by atoms with E-state index in [1.807, 2.05) is 27.7 Å². The van der Waals surface area contributed by atoms with Crippen LogP contribution in [0.4, 0.5) is 0 Å². The van der Waals surface area contributed by atoms with Gasteiger partial charge in [0.1, 0.15) is 6.04 Å². The molecule has 0 aliphatic heterocycles. The summed E-state index contributed by atoms with van der Waals surface area (Å²) in [6, 6.07) is -0.447. The van der Waals surface area contributed by atoms with E-state index in [2.05, 4.69) is 5.32 Å². The Labute approximate surface area is 74.2 Å². The van der Waals surface area contributed by atoms with Crippen molar-refractivity contribution < 1.29 is 9.90 Å². The van der Waals surface area contributed by atoms with Crippen LogP contribution >= 0.6 is 0 Å². The summed E-state index contributed by atoms with van der Waals surface area (Å²) in [6.45, 7) is 8.56. The first-order chi connectivity index (χ1) is 5.39. The Bertz CT molecular complexity index is 149. The zero-order chi connectivity index (χ0) is 9.78. The fourth-order valence-electron chi connectivity index (χ4n) is 1.05. The number of hydrogen-bond acceptors (Lipinski definition) is 2. The highest BCUT2D eigenvalue weighted by Gasteiger charge is 2.29. The number of aliphatic carboxylic acids is 1. The maximum absolute atomic E-state index is 10.8. The van der Waals surface area contributed by atoms with Crippen molar-refractivity contribution in [1.29, 1.82) is 0 Å². The minimum Gasteiger partial charge on any atom is -0.480 e. The van der Waals surface area contributed by atoms with Crippen LogP contribution in [0.15, 0.2) is 0 Å². The maximum atomic E-state index is 10.8. The van der Waals surface area contributed by atoms with Gasteiger partial charge in [0, 0.05) is 0 Å². The van der Waals surface area contributed by atoms with Crippen molar-refractivity contribution in [2.75, 3.05) is 6.54 Å². The summed E-state index contributed by atoms with van der Waals surface area (Å²) >= 11 is 0. The Hall–Kier alpha value is -0.570. The predicted octanol–water partition coefficient (Wildman–Crippen LogP) is 1.49. The monoisotopic (exact) mass is 173 g/mol. The average molecular weight is 173 g/mol. The van der Waals surface area contributed by atoms with Gasteiger partial charge in [-0.05, 0) is 18.4 Å². The van der Waals surface area contributed by atoms with E-state index < -0.39 is 12.0 Å². The van der Waals surface area contributed by atoms with Crippen molar-refractivity contribution in [3.8, 4) is 0 Å². The maximum Gasteiger partial charge on any atom is 0.321 e. The van der Waals surface area contributed by atoms with Crippen molar-refractivity contribution in [3.63, 3.8) is 0 Å². The highest BCUT2D eigenvalue weighted by atomic mass is 16.4. The van der Waals surface area contributed by atoms with Crippen molar-refractivity contribution in [1.82, 2.24) is 5.32 Å². The summed E-state index contributed by atoms with van der Waals surface area (Å²) in [5.74, 6) is -0.768. The van der Waals surface area contributed by atoms with Crippen molar-refractivity contribution in [2.45, 2.75) is 40.2 Å². The summed E-state index contributed by atoms with van der Waals surface area (Å²) in [4.78, 5) is 10.8. The quantitative estimate of drug-likeness (QED) is 0.677. The van der Waals surface area contributed by atoms with E-state index in [9.17, 15) is 4.79 Å². The summed E-state index contributed by atoms with van der Waals surface area (Å²) < 4.78 is 0. The molecule has 0 amide bonds. The highest BCUT2D eigenvalue weighted by molar-refractivity contribution is 5.74. The summed E-state index contributed by atoms with van der Waals surface area (Å²) in [6.07, 6.45) is 0.958. The summed E-state index contributed by atoms with van der Waals surface area (Å²) in [5.41, 5.74) is -0.221. The second kappa shape index (κ2) is 4.45. The molecule has 3 nitrogen and oxygen atoms in total. The SMILES string of the molecule is CCCNC(C(=O)O)C(C)(C)C. The average Bonchev–Trinajstić information content (AvgIpc) is 1.84. The van der Waals surface area contributed by atoms with Crippen LogP contribution in [0.5, 0.6) is 0 Å². The standard InChI is InChI=1S/C9H19NO2/c1-5-6-10-7(8(11)12)9(2,3)4/h7,10H,5-6H2,1-4H3,(H,11,12). The molecular weight excluding hydrogens is 154 g/mol. The number of carboxylic acid groups (broad SMARTS) is 1. The van der Waals surface area contributed by atoms with Gasteiger partial charge in [-0.15, -0.1) is 0 Å². The number of nitrogens with one attached hydrogen (secondary N) is 1. The second-order valence-electron chi connectivity index (χ2n) is 4.09. The highest BCUT2D eigenvalue weighted by Crippen LogP contribution is 2.19. The van der Waals surface area contributed by atoms with Crippen molar-refractivity contribution >= 4 is 5.97 Å². The van der Waals surface area contributed by atoms with Gasteiger partial charge in [-0.1, -0.05) is 27.7 Å². The van der Waals surface area contributed by atoms with Crippen LogP contribution in [0.25, 0.3) is 0 Å². The molecule has 0 rings (SSSR count). The van der Waals surface area contributed by atoms with Gasteiger partial charge in [0.25, 0.3) is 0 Å². The first kappa shape index (κ1) is 11.4. The van der Waals surface area contributed by atoms with Gasteiger partial charge in [0.15, 0.2) is 0 Å². The predicted molar refractivity (Wildman–Crippen MR) is 49.2 cm³/mol. The largest absolute Gasteiger partial charge is 0.480 e. The molecule has 0 radical (unpaired) electrons. The lowest BCUT2D eigenvalue weighted by atomic mass is 9.87. The third kappa shape index (κ3) is 3.72. The summed E-state index contributed by atoms with van der Waals surface area (Å²) in [7, 11) is 0. The first-order valence-corrected chi connectivity index (χ1v) is 4.35. The van der Waals surface area contributed by atoms with Crippen molar-refractivity contribution in [3.05, 3.63) is 0 Å². The molecule has 0 aliphatic rings. The van der Waals surface area contributed by atoms with Gasteiger partial charge in [-0.2, -0.15) is 0 Å². The second-order valence-corrected chi connectivity index (χ2v) is 4.09.